The van der Waals surface area contributed by atoms with Gasteiger partial charge in [-0.25, -0.2) is 0 Å². The van der Waals surface area contributed by atoms with Crippen molar-refractivity contribution in [3.63, 3.8) is 0 Å². The summed E-state index contributed by atoms with van der Waals surface area (Å²) in [6.45, 7) is 1.17. The summed E-state index contributed by atoms with van der Waals surface area (Å²) in [7, 11) is 3.29. The Morgan fingerprint density at radius 3 is 2.48 bits per heavy atom. The fraction of sp³-hybridized carbons (Fsp3) is 0.278. The molecule has 2 rings (SSSR count). The summed E-state index contributed by atoms with van der Waals surface area (Å²) in [6, 6.07) is 12.0. The number of nitro groups is 1. The quantitative estimate of drug-likeness (QED) is 0.197. The van der Waals surface area contributed by atoms with Crippen LogP contribution in [0, 0.1) is 10.1 Å². The van der Waals surface area contributed by atoms with E-state index in [9.17, 15) is 10.1 Å². The van der Waals surface area contributed by atoms with Crippen molar-refractivity contribution in [3.05, 3.63) is 68.7 Å². The van der Waals surface area contributed by atoms with Gasteiger partial charge in [0.05, 0.1) is 12.0 Å². The minimum absolute atomic E-state index is 0. The van der Waals surface area contributed by atoms with Gasteiger partial charge in [0.1, 0.15) is 5.75 Å². The smallest absolute Gasteiger partial charge is 0.269 e. The SMILES string of the molecule is CN=C(NCCc1ccc(OC)cc1Cl)NCc1ccc([N+](=O)[O-])cc1.I. The second-order valence-electron chi connectivity index (χ2n) is 5.48. The van der Waals surface area contributed by atoms with Crippen LogP contribution in [-0.2, 0) is 13.0 Å². The van der Waals surface area contributed by atoms with Crippen LogP contribution in [0.3, 0.4) is 0 Å². The molecule has 0 unspecified atom stereocenters. The molecule has 0 aromatic heterocycles. The lowest BCUT2D eigenvalue weighted by Crippen LogP contribution is -2.37. The second-order valence-corrected chi connectivity index (χ2v) is 5.89. The maximum Gasteiger partial charge on any atom is 0.269 e. The summed E-state index contributed by atoms with van der Waals surface area (Å²) in [5, 5.41) is 17.7. The van der Waals surface area contributed by atoms with Gasteiger partial charge < -0.3 is 15.4 Å². The van der Waals surface area contributed by atoms with E-state index >= 15 is 0 Å². The van der Waals surface area contributed by atoms with Crippen molar-refractivity contribution >= 4 is 47.2 Å². The molecule has 2 aromatic carbocycles. The molecular formula is C18H22ClIN4O3. The molecule has 9 heteroatoms. The van der Waals surface area contributed by atoms with E-state index in [0.29, 0.717) is 24.1 Å². The molecule has 0 aliphatic heterocycles. The van der Waals surface area contributed by atoms with Crippen molar-refractivity contribution in [1.29, 1.82) is 0 Å². The molecule has 0 aliphatic carbocycles. The third-order valence-electron chi connectivity index (χ3n) is 3.78. The van der Waals surface area contributed by atoms with Gasteiger partial charge >= 0.3 is 0 Å². The standard InChI is InChI=1S/C18H21ClN4O3.HI/c1-20-18(22-12-13-3-6-15(7-4-13)23(24)25)21-10-9-14-5-8-16(26-2)11-17(14)19;/h3-8,11H,9-10,12H2,1-2H3,(H2,20,21,22);1H. The number of aliphatic imine (C=N–C) groups is 1. The summed E-state index contributed by atoms with van der Waals surface area (Å²) >= 11 is 6.23. The van der Waals surface area contributed by atoms with Crippen molar-refractivity contribution in [2.24, 2.45) is 4.99 Å². The van der Waals surface area contributed by atoms with Crippen LogP contribution in [0.4, 0.5) is 5.69 Å². The first kappa shape index (κ1) is 23.0. The lowest BCUT2D eigenvalue weighted by atomic mass is 10.1. The molecule has 0 amide bonds. The van der Waals surface area contributed by atoms with Crippen molar-refractivity contribution in [2.75, 3.05) is 20.7 Å². The highest BCUT2D eigenvalue weighted by atomic mass is 127. The summed E-state index contributed by atoms with van der Waals surface area (Å²) in [6.07, 6.45) is 0.737. The van der Waals surface area contributed by atoms with E-state index in [2.05, 4.69) is 15.6 Å². The number of ether oxygens (including phenoxy) is 1. The molecule has 146 valence electrons. The van der Waals surface area contributed by atoms with Crippen molar-refractivity contribution in [2.45, 2.75) is 13.0 Å². The summed E-state index contributed by atoms with van der Waals surface area (Å²) in [5.41, 5.74) is 2.02. The summed E-state index contributed by atoms with van der Waals surface area (Å²) in [4.78, 5) is 14.4. The predicted molar refractivity (Wildman–Crippen MR) is 118 cm³/mol. The molecule has 0 spiro atoms. The number of nitro benzene ring substituents is 1. The average Bonchev–Trinajstić information content (AvgIpc) is 2.65. The Kier molecular flexibility index (Phi) is 9.87. The molecule has 0 radical (unpaired) electrons. The number of nitrogens with one attached hydrogen (secondary N) is 2. The van der Waals surface area contributed by atoms with Gasteiger partial charge in [-0.3, -0.25) is 15.1 Å². The lowest BCUT2D eigenvalue weighted by molar-refractivity contribution is -0.384. The predicted octanol–water partition coefficient (Wildman–Crippen LogP) is 3.78. The molecule has 0 heterocycles. The van der Waals surface area contributed by atoms with Crippen LogP contribution >= 0.6 is 35.6 Å². The molecule has 7 nitrogen and oxygen atoms in total. The topological polar surface area (TPSA) is 88.8 Å². The van der Waals surface area contributed by atoms with Gasteiger partial charge in [-0.15, -0.1) is 24.0 Å². The number of non-ortho nitro benzene ring substituents is 1. The van der Waals surface area contributed by atoms with Crippen molar-refractivity contribution < 1.29 is 9.66 Å². The van der Waals surface area contributed by atoms with E-state index in [1.165, 1.54) is 12.1 Å². The highest BCUT2D eigenvalue weighted by Gasteiger charge is 2.05. The maximum atomic E-state index is 10.7. The summed E-state index contributed by atoms with van der Waals surface area (Å²) < 4.78 is 5.14. The van der Waals surface area contributed by atoms with Crippen LogP contribution in [0.5, 0.6) is 5.75 Å². The molecule has 2 aromatic rings. The van der Waals surface area contributed by atoms with Crippen LogP contribution in [0.2, 0.25) is 5.02 Å². The Bertz CT molecular complexity index is 785. The number of nitrogens with zero attached hydrogens (tertiary/aromatic N) is 2. The Balaban J connectivity index is 0.00000364. The van der Waals surface area contributed by atoms with Crippen LogP contribution < -0.4 is 15.4 Å². The average molecular weight is 505 g/mol. The van der Waals surface area contributed by atoms with Crippen LogP contribution in [0.25, 0.3) is 0 Å². The molecule has 0 atom stereocenters. The molecule has 2 N–H and O–H groups in total. The lowest BCUT2D eigenvalue weighted by Gasteiger charge is -2.12. The molecular weight excluding hydrogens is 483 g/mol. The van der Waals surface area contributed by atoms with Gasteiger partial charge in [-0.1, -0.05) is 29.8 Å². The minimum atomic E-state index is -0.415. The fourth-order valence-corrected chi connectivity index (χ4v) is 2.58. The maximum absolute atomic E-state index is 10.7. The van der Waals surface area contributed by atoms with E-state index < -0.39 is 4.92 Å². The van der Waals surface area contributed by atoms with Crippen LogP contribution in [-0.4, -0.2) is 31.6 Å². The number of hydrogen-bond donors (Lipinski definition) is 2. The third kappa shape index (κ3) is 7.22. The molecule has 0 aliphatic rings. The number of methoxy groups -OCH3 is 1. The Hall–Kier alpha value is -2.07. The first-order valence-electron chi connectivity index (χ1n) is 8.03. The summed E-state index contributed by atoms with van der Waals surface area (Å²) in [5.74, 6) is 1.38. The van der Waals surface area contributed by atoms with E-state index in [4.69, 9.17) is 16.3 Å². The normalized spacial score (nSPS) is 10.7. The molecule has 0 bridgehead atoms. The van der Waals surface area contributed by atoms with Gasteiger partial charge in [0.2, 0.25) is 0 Å². The Morgan fingerprint density at radius 1 is 1.22 bits per heavy atom. The van der Waals surface area contributed by atoms with Crippen LogP contribution in [0.1, 0.15) is 11.1 Å². The zero-order valence-corrected chi connectivity index (χ0v) is 18.2. The minimum Gasteiger partial charge on any atom is -0.497 e. The number of rotatable bonds is 7. The van der Waals surface area contributed by atoms with Gasteiger partial charge in [0.15, 0.2) is 5.96 Å². The first-order chi connectivity index (χ1) is 12.5. The van der Waals surface area contributed by atoms with Gasteiger partial charge in [0.25, 0.3) is 5.69 Å². The van der Waals surface area contributed by atoms with E-state index in [0.717, 1.165) is 23.3 Å². The van der Waals surface area contributed by atoms with Gasteiger partial charge in [-0.05, 0) is 29.7 Å². The highest BCUT2D eigenvalue weighted by Crippen LogP contribution is 2.22. The number of benzene rings is 2. The third-order valence-corrected chi connectivity index (χ3v) is 4.13. The monoisotopic (exact) mass is 504 g/mol. The van der Waals surface area contributed by atoms with Crippen LogP contribution in [0.15, 0.2) is 47.5 Å². The Morgan fingerprint density at radius 2 is 1.93 bits per heavy atom. The largest absolute Gasteiger partial charge is 0.497 e. The number of halogens is 2. The number of guanidine groups is 1. The van der Waals surface area contributed by atoms with Gasteiger partial charge in [0, 0.05) is 37.3 Å². The van der Waals surface area contributed by atoms with Crippen molar-refractivity contribution in [1.82, 2.24) is 10.6 Å². The van der Waals surface area contributed by atoms with Gasteiger partial charge in [-0.2, -0.15) is 0 Å². The van der Waals surface area contributed by atoms with E-state index in [-0.39, 0.29) is 29.7 Å². The molecule has 27 heavy (non-hydrogen) atoms. The van der Waals surface area contributed by atoms with Crippen molar-refractivity contribution in [3.8, 4) is 5.75 Å². The Labute approximate surface area is 180 Å². The fourth-order valence-electron chi connectivity index (χ4n) is 2.32. The highest BCUT2D eigenvalue weighted by molar-refractivity contribution is 14.0. The first-order valence-corrected chi connectivity index (χ1v) is 8.41. The number of hydrogen-bond acceptors (Lipinski definition) is 4. The molecule has 0 saturated heterocycles. The molecule has 0 saturated carbocycles. The second kappa shape index (κ2) is 11.6. The van der Waals surface area contributed by atoms with E-state index in [1.807, 2.05) is 12.1 Å². The molecule has 0 fully saturated rings. The zero-order valence-electron chi connectivity index (χ0n) is 15.1. The zero-order chi connectivity index (χ0) is 18.9. The van der Waals surface area contributed by atoms with E-state index in [1.54, 1.807) is 32.4 Å².